The molecule has 176 valence electrons. The van der Waals surface area contributed by atoms with Crippen molar-refractivity contribution in [2.75, 3.05) is 11.9 Å². The first-order chi connectivity index (χ1) is 14.7. The summed E-state index contributed by atoms with van der Waals surface area (Å²) >= 11 is 0. The van der Waals surface area contributed by atoms with Crippen LogP contribution < -0.4 is 5.32 Å². The summed E-state index contributed by atoms with van der Waals surface area (Å²) in [6.45, 7) is 18.6. The van der Waals surface area contributed by atoms with Crippen molar-refractivity contribution < 1.29 is 14.3 Å². The lowest BCUT2D eigenvalue weighted by Gasteiger charge is -2.27. The maximum Gasteiger partial charge on any atom is 0.410 e. The lowest BCUT2D eigenvalue weighted by atomic mass is 10.1. The van der Waals surface area contributed by atoms with Crippen molar-refractivity contribution in [1.29, 1.82) is 0 Å². The molecule has 0 aliphatic carbocycles. The summed E-state index contributed by atoms with van der Waals surface area (Å²) in [5.74, 6) is -0.0369. The Hall–Kier alpha value is -2.83. The van der Waals surface area contributed by atoms with E-state index < -0.39 is 5.60 Å². The third kappa shape index (κ3) is 6.58. The van der Waals surface area contributed by atoms with Gasteiger partial charge in [-0.1, -0.05) is 32.0 Å². The van der Waals surface area contributed by atoms with Crippen molar-refractivity contribution in [2.45, 2.75) is 85.9 Å². The van der Waals surface area contributed by atoms with E-state index in [0.717, 1.165) is 11.3 Å². The molecule has 1 aromatic carbocycles. The first-order valence-corrected chi connectivity index (χ1v) is 11.2. The molecule has 0 unspecified atom stereocenters. The SMILES string of the molecule is CCN(Cc1ccccc1NC(=O)c1cc(C(C)C)n(C(C)(C)C)n1)C(=O)OC(C)(C)C. The van der Waals surface area contributed by atoms with Crippen molar-refractivity contribution in [1.82, 2.24) is 14.7 Å². The fourth-order valence-electron chi connectivity index (χ4n) is 3.26. The van der Waals surface area contributed by atoms with E-state index in [4.69, 9.17) is 4.74 Å². The highest BCUT2D eigenvalue weighted by molar-refractivity contribution is 6.03. The van der Waals surface area contributed by atoms with E-state index in [2.05, 4.69) is 45.0 Å². The van der Waals surface area contributed by atoms with Crippen LogP contribution in [0.1, 0.15) is 90.0 Å². The fourth-order valence-corrected chi connectivity index (χ4v) is 3.26. The predicted octanol–water partition coefficient (Wildman–Crippen LogP) is 5.77. The minimum absolute atomic E-state index is 0.231. The van der Waals surface area contributed by atoms with Crippen molar-refractivity contribution in [2.24, 2.45) is 0 Å². The number of para-hydroxylation sites is 1. The van der Waals surface area contributed by atoms with Crippen LogP contribution in [0, 0.1) is 0 Å². The summed E-state index contributed by atoms with van der Waals surface area (Å²) < 4.78 is 7.43. The maximum absolute atomic E-state index is 13.1. The molecule has 0 fully saturated rings. The largest absolute Gasteiger partial charge is 0.444 e. The lowest BCUT2D eigenvalue weighted by molar-refractivity contribution is 0.0245. The Morgan fingerprint density at radius 3 is 2.25 bits per heavy atom. The summed E-state index contributed by atoms with van der Waals surface area (Å²) in [7, 11) is 0. The zero-order chi connectivity index (χ0) is 24.3. The van der Waals surface area contributed by atoms with Gasteiger partial charge in [0, 0.05) is 17.9 Å². The van der Waals surface area contributed by atoms with Gasteiger partial charge in [-0.15, -0.1) is 0 Å². The molecular weight excluding hydrogens is 404 g/mol. The van der Waals surface area contributed by atoms with E-state index in [1.54, 1.807) is 4.90 Å². The number of anilines is 1. The van der Waals surface area contributed by atoms with Gasteiger partial charge in [0.05, 0.1) is 12.1 Å². The number of nitrogens with one attached hydrogen (secondary N) is 1. The van der Waals surface area contributed by atoms with E-state index in [-0.39, 0.29) is 23.5 Å². The van der Waals surface area contributed by atoms with Crippen molar-refractivity contribution >= 4 is 17.7 Å². The number of rotatable bonds is 6. The number of hydrogen-bond donors (Lipinski definition) is 1. The van der Waals surface area contributed by atoms with Crippen LogP contribution in [0.3, 0.4) is 0 Å². The summed E-state index contributed by atoms with van der Waals surface area (Å²) in [5.41, 5.74) is 2.06. The van der Waals surface area contributed by atoms with Gasteiger partial charge in [0.1, 0.15) is 5.60 Å². The molecule has 32 heavy (non-hydrogen) atoms. The highest BCUT2D eigenvalue weighted by atomic mass is 16.6. The third-order valence-electron chi connectivity index (χ3n) is 4.86. The van der Waals surface area contributed by atoms with Gasteiger partial charge >= 0.3 is 6.09 Å². The quantitative estimate of drug-likeness (QED) is 0.616. The van der Waals surface area contributed by atoms with Gasteiger partial charge in [0.2, 0.25) is 0 Å². The van der Waals surface area contributed by atoms with E-state index in [1.165, 1.54) is 0 Å². The third-order valence-corrected chi connectivity index (χ3v) is 4.86. The molecule has 0 bridgehead atoms. The Bertz CT molecular complexity index is 949. The molecular formula is C25H38N4O3. The standard InChI is InChI=1S/C25H38N4O3/c1-10-28(23(31)32-25(7,8)9)16-18-13-11-12-14-19(18)26-22(30)20-15-21(17(2)3)29(27-20)24(4,5)6/h11-15,17H,10,16H2,1-9H3,(H,26,30). The number of nitrogens with zero attached hydrogens (tertiary/aromatic N) is 3. The predicted molar refractivity (Wildman–Crippen MR) is 128 cm³/mol. The van der Waals surface area contributed by atoms with Crippen LogP contribution in [0.25, 0.3) is 0 Å². The van der Waals surface area contributed by atoms with Crippen LogP contribution in [-0.2, 0) is 16.8 Å². The van der Waals surface area contributed by atoms with Crippen molar-refractivity contribution in [3.63, 3.8) is 0 Å². The lowest BCUT2D eigenvalue weighted by Crippen LogP contribution is -2.36. The van der Waals surface area contributed by atoms with Crippen LogP contribution in [0.2, 0.25) is 0 Å². The first kappa shape index (κ1) is 25.4. The van der Waals surface area contributed by atoms with Crippen LogP contribution in [0.15, 0.2) is 30.3 Å². The number of amides is 2. The molecule has 0 saturated carbocycles. The maximum atomic E-state index is 13.1. The topological polar surface area (TPSA) is 76.5 Å². The molecule has 2 aromatic rings. The highest BCUT2D eigenvalue weighted by Gasteiger charge is 2.25. The van der Waals surface area contributed by atoms with E-state index in [9.17, 15) is 9.59 Å². The van der Waals surface area contributed by atoms with Crippen molar-refractivity contribution in [3.8, 4) is 0 Å². The molecule has 0 aliphatic rings. The highest BCUT2D eigenvalue weighted by Crippen LogP contribution is 2.25. The second-order valence-electron chi connectivity index (χ2n) is 10.3. The van der Waals surface area contributed by atoms with Gasteiger partial charge < -0.3 is 15.0 Å². The molecule has 7 heteroatoms. The minimum Gasteiger partial charge on any atom is -0.444 e. The molecule has 2 rings (SSSR count). The van der Waals surface area contributed by atoms with Gasteiger partial charge in [-0.2, -0.15) is 5.10 Å². The second kappa shape index (κ2) is 9.76. The fraction of sp³-hybridized carbons (Fsp3) is 0.560. The first-order valence-electron chi connectivity index (χ1n) is 11.2. The molecule has 0 spiro atoms. The molecule has 0 saturated heterocycles. The van der Waals surface area contributed by atoms with E-state index >= 15 is 0 Å². The number of ether oxygens (including phenoxy) is 1. The Morgan fingerprint density at radius 1 is 1.12 bits per heavy atom. The zero-order valence-electron chi connectivity index (χ0n) is 20.9. The summed E-state index contributed by atoms with van der Waals surface area (Å²) in [6, 6.07) is 9.33. The van der Waals surface area contributed by atoms with Crippen LogP contribution in [-0.4, -0.2) is 38.8 Å². The number of aromatic nitrogens is 2. The van der Waals surface area contributed by atoms with Gasteiger partial charge in [0.15, 0.2) is 5.69 Å². The van der Waals surface area contributed by atoms with Gasteiger partial charge in [0.25, 0.3) is 5.91 Å². The molecule has 0 atom stereocenters. The smallest absolute Gasteiger partial charge is 0.410 e. The number of carbonyl (C=O) groups excluding carboxylic acids is 2. The Morgan fingerprint density at radius 2 is 1.75 bits per heavy atom. The van der Waals surface area contributed by atoms with Gasteiger partial charge in [-0.05, 0) is 72.1 Å². The minimum atomic E-state index is -0.571. The van der Waals surface area contributed by atoms with E-state index in [1.807, 2.05) is 62.7 Å². The van der Waals surface area contributed by atoms with Gasteiger partial charge in [-0.25, -0.2) is 4.79 Å². The second-order valence-corrected chi connectivity index (χ2v) is 10.3. The molecule has 0 aliphatic heterocycles. The van der Waals surface area contributed by atoms with Crippen LogP contribution in [0.4, 0.5) is 10.5 Å². The van der Waals surface area contributed by atoms with Gasteiger partial charge in [-0.3, -0.25) is 9.48 Å². The molecule has 1 N–H and O–H groups in total. The Labute approximate surface area is 192 Å². The average Bonchev–Trinajstić information content (AvgIpc) is 3.12. The summed E-state index contributed by atoms with van der Waals surface area (Å²) in [5, 5.41) is 7.58. The molecule has 0 radical (unpaired) electrons. The zero-order valence-corrected chi connectivity index (χ0v) is 20.9. The number of benzene rings is 1. The number of carbonyl (C=O) groups is 2. The molecule has 1 aromatic heterocycles. The van der Waals surface area contributed by atoms with Crippen LogP contribution >= 0.6 is 0 Å². The summed E-state index contributed by atoms with van der Waals surface area (Å²) in [6.07, 6.45) is -0.383. The molecule has 1 heterocycles. The Kier molecular flexibility index (Phi) is 7.75. The molecule has 2 amide bonds. The van der Waals surface area contributed by atoms with Crippen molar-refractivity contribution in [3.05, 3.63) is 47.3 Å². The Balaban J connectivity index is 2.27. The monoisotopic (exact) mass is 442 g/mol. The van der Waals surface area contributed by atoms with E-state index in [0.29, 0.717) is 24.5 Å². The normalized spacial score (nSPS) is 12.1. The summed E-state index contributed by atoms with van der Waals surface area (Å²) in [4.78, 5) is 27.2. The average molecular weight is 443 g/mol. The number of hydrogen-bond acceptors (Lipinski definition) is 4. The van der Waals surface area contributed by atoms with Crippen LogP contribution in [0.5, 0.6) is 0 Å². The molecule has 7 nitrogen and oxygen atoms in total.